The summed E-state index contributed by atoms with van der Waals surface area (Å²) in [5.41, 5.74) is 1.86. The minimum absolute atomic E-state index is 0.0274. The second-order valence-electron chi connectivity index (χ2n) is 5.84. The summed E-state index contributed by atoms with van der Waals surface area (Å²) < 4.78 is 5.18. The molecule has 0 radical (unpaired) electrons. The molecule has 0 aliphatic heterocycles. The number of rotatable bonds is 7. The van der Waals surface area contributed by atoms with Gasteiger partial charge in [-0.3, -0.25) is 9.78 Å². The Morgan fingerprint density at radius 3 is 2.72 bits per heavy atom. The second kappa shape index (κ2) is 8.19. The average Bonchev–Trinajstić information content (AvgIpc) is 3.15. The first-order chi connectivity index (χ1) is 12.2. The lowest BCUT2D eigenvalue weighted by Gasteiger charge is -2.12. The van der Waals surface area contributed by atoms with E-state index in [1.165, 1.54) is 5.56 Å². The van der Waals surface area contributed by atoms with Crippen molar-refractivity contribution >= 4 is 5.91 Å². The van der Waals surface area contributed by atoms with Gasteiger partial charge in [-0.05, 0) is 23.6 Å². The predicted molar refractivity (Wildman–Crippen MR) is 93.7 cm³/mol. The van der Waals surface area contributed by atoms with Gasteiger partial charge in [0.05, 0.1) is 0 Å². The van der Waals surface area contributed by atoms with Crippen LogP contribution in [0.25, 0.3) is 11.5 Å². The van der Waals surface area contributed by atoms with Crippen LogP contribution in [0.2, 0.25) is 0 Å². The van der Waals surface area contributed by atoms with Crippen molar-refractivity contribution in [3.8, 4) is 11.5 Å². The molecule has 6 heteroatoms. The fourth-order valence-corrected chi connectivity index (χ4v) is 2.43. The molecule has 3 rings (SSSR count). The van der Waals surface area contributed by atoms with Gasteiger partial charge in [-0.2, -0.15) is 4.98 Å². The zero-order chi connectivity index (χ0) is 17.5. The smallest absolute Gasteiger partial charge is 0.227 e. The molecule has 128 valence electrons. The molecule has 0 fully saturated rings. The van der Waals surface area contributed by atoms with Crippen LogP contribution in [0, 0.1) is 0 Å². The molecule has 2 heterocycles. The van der Waals surface area contributed by atoms with E-state index in [1.54, 1.807) is 6.20 Å². The standard InChI is InChI=1S/C19H20N4O2/c1-14(15-7-3-2-4-8-15)13-21-17(24)10-11-18-22-19(23-25-18)16-9-5-6-12-20-16/h2-9,12,14H,10-11,13H2,1H3,(H,21,24). The van der Waals surface area contributed by atoms with Gasteiger partial charge in [0.25, 0.3) is 0 Å². The van der Waals surface area contributed by atoms with Crippen LogP contribution < -0.4 is 5.32 Å². The highest BCUT2D eigenvalue weighted by atomic mass is 16.5. The largest absolute Gasteiger partial charge is 0.355 e. The van der Waals surface area contributed by atoms with E-state index in [0.717, 1.165) is 0 Å². The van der Waals surface area contributed by atoms with Crippen molar-refractivity contribution in [1.82, 2.24) is 20.4 Å². The van der Waals surface area contributed by atoms with Gasteiger partial charge in [0, 0.05) is 25.6 Å². The Hall–Kier alpha value is -3.02. The summed E-state index contributed by atoms with van der Waals surface area (Å²) in [5, 5.41) is 6.85. The highest BCUT2D eigenvalue weighted by Gasteiger charge is 2.12. The maximum absolute atomic E-state index is 12.0. The number of hydrogen-bond donors (Lipinski definition) is 1. The molecule has 1 N–H and O–H groups in total. The Balaban J connectivity index is 1.46. The molecule has 25 heavy (non-hydrogen) atoms. The molecule has 3 aromatic rings. The van der Waals surface area contributed by atoms with Gasteiger partial charge >= 0.3 is 0 Å². The molecule has 0 saturated carbocycles. The van der Waals surface area contributed by atoms with Crippen molar-refractivity contribution < 1.29 is 9.32 Å². The van der Waals surface area contributed by atoms with Crippen LogP contribution in [-0.4, -0.2) is 27.6 Å². The first kappa shape index (κ1) is 16.8. The molecule has 0 saturated heterocycles. The van der Waals surface area contributed by atoms with E-state index in [1.807, 2.05) is 36.4 Å². The number of nitrogens with zero attached hydrogens (tertiary/aromatic N) is 3. The van der Waals surface area contributed by atoms with Crippen molar-refractivity contribution in [3.05, 3.63) is 66.2 Å². The van der Waals surface area contributed by atoms with E-state index in [0.29, 0.717) is 36.8 Å². The highest BCUT2D eigenvalue weighted by Crippen LogP contribution is 2.14. The molecular formula is C19H20N4O2. The van der Waals surface area contributed by atoms with Crippen LogP contribution in [0.15, 0.2) is 59.3 Å². The van der Waals surface area contributed by atoms with Crippen molar-refractivity contribution in [3.63, 3.8) is 0 Å². The summed E-state index contributed by atoms with van der Waals surface area (Å²) in [7, 11) is 0. The van der Waals surface area contributed by atoms with Gasteiger partial charge in [0.1, 0.15) is 5.69 Å². The lowest BCUT2D eigenvalue weighted by atomic mass is 10.0. The minimum Gasteiger partial charge on any atom is -0.355 e. The van der Waals surface area contributed by atoms with Crippen molar-refractivity contribution in [2.75, 3.05) is 6.54 Å². The third-order valence-corrected chi connectivity index (χ3v) is 3.90. The average molecular weight is 336 g/mol. The number of nitrogens with one attached hydrogen (secondary N) is 1. The molecule has 0 spiro atoms. The number of aryl methyl sites for hydroxylation is 1. The third-order valence-electron chi connectivity index (χ3n) is 3.90. The van der Waals surface area contributed by atoms with E-state index in [9.17, 15) is 4.79 Å². The molecule has 1 unspecified atom stereocenters. The summed E-state index contributed by atoms with van der Waals surface area (Å²) >= 11 is 0. The monoisotopic (exact) mass is 336 g/mol. The molecule has 2 aromatic heterocycles. The molecular weight excluding hydrogens is 316 g/mol. The van der Waals surface area contributed by atoms with Crippen molar-refractivity contribution in [1.29, 1.82) is 0 Å². The Bertz CT molecular complexity index is 803. The molecule has 0 aliphatic rings. The van der Waals surface area contributed by atoms with Gasteiger partial charge < -0.3 is 9.84 Å². The Labute approximate surface area is 146 Å². The van der Waals surface area contributed by atoms with E-state index in [-0.39, 0.29) is 11.8 Å². The van der Waals surface area contributed by atoms with Crippen LogP contribution in [0.4, 0.5) is 0 Å². The van der Waals surface area contributed by atoms with E-state index < -0.39 is 0 Å². The first-order valence-corrected chi connectivity index (χ1v) is 8.28. The number of carbonyl (C=O) groups excluding carboxylic acids is 1. The first-order valence-electron chi connectivity index (χ1n) is 8.28. The number of amides is 1. The Morgan fingerprint density at radius 2 is 1.96 bits per heavy atom. The lowest BCUT2D eigenvalue weighted by Crippen LogP contribution is -2.27. The summed E-state index contributed by atoms with van der Waals surface area (Å²) in [6, 6.07) is 15.6. The minimum atomic E-state index is -0.0274. The zero-order valence-electron chi connectivity index (χ0n) is 14.1. The predicted octanol–water partition coefficient (Wildman–Crippen LogP) is 2.98. The third kappa shape index (κ3) is 4.73. The number of carbonyl (C=O) groups is 1. The van der Waals surface area contributed by atoms with E-state index in [2.05, 4.69) is 39.5 Å². The van der Waals surface area contributed by atoms with E-state index >= 15 is 0 Å². The van der Waals surface area contributed by atoms with Gasteiger partial charge in [-0.25, -0.2) is 0 Å². The molecule has 1 atom stereocenters. The number of hydrogen-bond acceptors (Lipinski definition) is 5. The maximum Gasteiger partial charge on any atom is 0.227 e. The van der Waals surface area contributed by atoms with Crippen LogP contribution >= 0.6 is 0 Å². The van der Waals surface area contributed by atoms with Crippen LogP contribution in [0.5, 0.6) is 0 Å². The zero-order valence-corrected chi connectivity index (χ0v) is 14.1. The summed E-state index contributed by atoms with van der Waals surface area (Å²) in [5.74, 6) is 1.12. The number of aromatic nitrogens is 3. The molecule has 0 bridgehead atoms. The fourth-order valence-electron chi connectivity index (χ4n) is 2.43. The number of pyridine rings is 1. The fraction of sp³-hybridized carbons (Fsp3) is 0.263. The topological polar surface area (TPSA) is 80.9 Å². The molecule has 0 aliphatic carbocycles. The van der Waals surface area contributed by atoms with Crippen molar-refractivity contribution in [2.45, 2.75) is 25.7 Å². The van der Waals surface area contributed by atoms with Gasteiger partial charge in [-0.15, -0.1) is 0 Å². The molecule has 1 amide bonds. The molecule has 6 nitrogen and oxygen atoms in total. The quantitative estimate of drug-likeness (QED) is 0.717. The van der Waals surface area contributed by atoms with Crippen LogP contribution in [0.3, 0.4) is 0 Å². The second-order valence-corrected chi connectivity index (χ2v) is 5.84. The van der Waals surface area contributed by atoms with Gasteiger partial charge in [0.15, 0.2) is 0 Å². The van der Waals surface area contributed by atoms with Gasteiger partial charge in [0.2, 0.25) is 17.6 Å². The van der Waals surface area contributed by atoms with Crippen LogP contribution in [0.1, 0.15) is 30.7 Å². The van der Waals surface area contributed by atoms with Crippen LogP contribution in [-0.2, 0) is 11.2 Å². The van der Waals surface area contributed by atoms with E-state index in [4.69, 9.17) is 4.52 Å². The van der Waals surface area contributed by atoms with Crippen molar-refractivity contribution in [2.24, 2.45) is 0 Å². The summed E-state index contributed by atoms with van der Waals surface area (Å²) in [4.78, 5) is 20.5. The highest BCUT2D eigenvalue weighted by molar-refractivity contribution is 5.76. The maximum atomic E-state index is 12.0. The summed E-state index contributed by atoms with van der Waals surface area (Å²) in [6.07, 6.45) is 2.39. The number of benzene rings is 1. The Morgan fingerprint density at radius 1 is 1.16 bits per heavy atom. The summed E-state index contributed by atoms with van der Waals surface area (Å²) in [6.45, 7) is 2.69. The molecule has 1 aromatic carbocycles. The Kier molecular flexibility index (Phi) is 5.51. The van der Waals surface area contributed by atoms with Gasteiger partial charge in [-0.1, -0.05) is 48.5 Å². The SMILES string of the molecule is CC(CNC(=O)CCc1nc(-c2ccccn2)no1)c1ccccc1. The normalized spacial score (nSPS) is 11.9. The lowest BCUT2D eigenvalue weighted by molar-refractivity contribution is -0.121.